The van der Waals surface area contributed by atoms with Gasteiger partial charge in [-0.2, -0.15) is 0 Å². The van der Waals surface area contributed by atoms with Crippen LogP contribution in [0.4, 0.5) is 10.5 Å². The van der Waals surface area contributed by atoms with Gasteiger partial charge in [0.05, 0.1) is 7.11 Å². The first-order chi connectivity index (χ1) is 13.8. The Kier molecular flexibility index (Phi) is 4.33. The molecule has 1 saturated heterocycles. The number of anilines is 1. The van der Waals surface area contributed by atoms with Crippen LogP contribution in [-0.4, -0.2) is 71.5 Å². The molecule has 2 unspecified atom stereocenters. The Morgan fingerprint density at radius 2 is 1.76 bits per heavy atom. The van der Waals surface area contributed by atoms with Crippen molar-refractivity contribution in [2.45, 2.75) is 33.0 Å². The molecule has 9 nitrogen and oxygen atoms in total. The van der Waals surface area contributed by atoms with E-state index in [4.69, 9.17) is 4.99 Å². The summed E-state index contributed by atoms with van der Waals surface area (Å²) in [5.74, 6) is -0.504. The van der Waals surface area contributed by atoms with Gasteiger partial charge >= 0.3 is 12.0 Å². The number of guanidine groups is 1. The Morgan fingerprint density at radius 1 is 1.10 bits per heavy atom. The topological polar surface area (TPSA) is 85.8 Å². The quantitative estimate of drug-likeness (QED) is 0.719. The summed E-state index contributed by atoms with van der Waals surface area (Å²) in [6.45, 7) is 5.49. The fourth-order valence-electron chi connectivity index (χ4n) is 3.96. The summed E-state index contributed by atoms with van der Waals surface area (Å²) in [6.07, 6.45) is -0.658. The van der Waals surface area contributed by atoms with E-state index in [1.165, 1.54) is 12.0 Å². The SMILES string of the molecule is COC(=O)CN1C(=O)C2C(N=C3N(c4ccc(C)cc4)C(C)=C(C)N32)N(C)C1=O. The van der Waals surface area contributed by atoms with Crippen LogP contribution in [-0.2, 0) is 14.3 Å². The minimum Gasteiger partial charge on any atom is -0.468 e. The number of aliphatic imine (C=N–C) groups is 1. The number of ether oxygens (including phenoxy) is 1. The molecule has 29 heavy (non-hydrogen) atoms. The highest BCUT2D eigenvalue weighted by atomic mass is 16.5. The van der Waals surface area contributed by atoms with Crippen LogP contribution < -0.4 is 4.90 Å². The standard InChI is InChI=1S/C20H23N5O4/c1-11-6-8-14(9-7-11)24-12(2)13(3)25-16-17(21-19(24)25)22(4)20(28)23(18(16)27)10-15(26)29-5/h6-9,16-17H,10H2,1-5H3. The van der Waals surface area contributed by atoms with Crippen LogP contribution in [0.25, 0.3) is 0 Å². The molecular weight excluding hydrogens is 374 g/mol. The number of carbonyl (C=O) groups is 3. The van der Waals surface area contributed by atoms with Crippen LogP contribution in [0.3, 0.4) is 0 Å². The minimum atomic E-state index is -0.720. The molecule has 3 amide bonds. The highest BCUT2D eigenvalue weighted by Crippen LogP contribution is 2.39. The second-order valence-corrected chi connectivity index (χ2v) is 7.39. The zero-order chi connectivity index (χ0) is 21.0. The maximum Gasteiger partial charge on any atom is 0.328 e. The Hall–Kier alpha value is -3.36. The molecule has 1 aromatic carbocycles. The molecule has 3 aliphatic heterocycles. The van der Waals surface area contributed by atoms with Crippen molar-refractivity contribution in [1.29, 1.82) is 0 Å². The summed E-state index contributed by atoms with van der Waals surface area (Å²) in [4.78, 5) is 48.6. The number of aryl methyl sites for hydroxylation is 1. The third-order valence-corrected chi connectivity index (χ3v) is 5.70. The predicted molar refractivity (Wildman–Crippen MR) is 106 cm³/mol. The molecule has 2 atom stereocenters. The number of nitrogens with zero attached hydrogens (tertiary/aromatic N) is 5. The molecule has 0 aromatic heterocycles. The largest absolute Gasteiger partial charge is 0.468 e. The zero-order valence-corrected chi connectivity index (χ0v) is 17.0. The number of amides is 3. The molecule has 152 valence electrons. The third-order valence-electron chi connectivity index (χ3n) is 5.70. The van der Waals surface area contributed by atoms with Gasteiger partial charge in [0.1, 0.15) is 6.54 Å². The van der Waals surface area contributed by atoms with Gasteiger partial charge in [0.2, 0.25) is 5.96 Å². The van der Waals surface area contributed by atoms with E-state index < -0.39 is 36.7 Å². The Morgan fingerprint density at radius 3 is 2.38 bits per heavy atom. The number of benzene rings is 1. The molecule has 0 radical (unpaired) electrons. The van der Waals surface area contributed by atoms with E-state index in [1.807, 2.05) is 54.8 Å². The van der Waals surface area contributed by atoms with E-state index in [9.17, 15) is 14.4 Å². The van der Waals surface area contributed by atoms with Crippen LogP contribution in [0.5, 0.6) is 0 Å². The molecule has 0 aliphatic carbocycles. The summed E-state index contributed by atoms with van der Waals surface area (Å²) in [5.41, 5.74) is 3.91. The van der Waals surface area contributed by atoms with Crippen LogP contribution in [0.2, 0.25) is 0 Å². The smallest absolute Gasteiger partial charge is 0.328 e. The fraction of sp³-hybridized carbons (Fsp3) is 0.400. The number of hydrogen-bond acceptors (Lipinski definition) is 7. The summed E-state index contributed by atoms with van der Waals surface area (Å²) in [5, 5.41) is 0. The molecule has 3 aliphatic rings. The second kappa shape index (κ2) is 6.61. The van der Waals surface area contributed by atoms with Gasteiger partial charge in [0.15, 0.2) is 12.2 Å². The molecule has 0 saturated carbocycles. The number of carbonyl (C=O) groups excluding carboxylic acids is 3. The number of hydrogen-bond donors (Lipinski definition) is 0. The first-order valence-electron chi connectivity index (χ1n) is 9.32. The van der Waals surface area contributed by atoms with Gasteiger partial charge in [0, 0.05) is 24.1 Å². The van der Waals surface area contributed by atoms with Crippen LogP contribution in [0.15, 0.2) is 40.7 Å². The van der Waals surface area contributed by atoms with Crippen molar-refractivity contribution in [3.63, 3.8) is 0 Å². The molecule has 0 bridgehead atoms. The fourth-order valence-corrected chi connectivity index (χ4v) is 3.96. The lowest BCUT2D eigenvalue weighted by Gasteiger charge is -2.40. The number of urea groups is 1. The molecule has 3 heterocycles. The van der Waals surface area contributed by atoms with E-state index in [0.717, 1.165) is 27.5 Å². The first kappa shape index (κ1) is 19.0. The van der Waals surface area contributed by atoms with Crippen molar-refractivity contribution in [1.82, 2.24) is 14.7 Å². The monoisotopic (exact) mass is 397 g/mol. The summed E-state index contributed by atoms with van der Waals surface area (Å²) >= 11 is 0. The van der Waals surface area contributed by atoms with Gasteiger partial charge in [-0.15, -0.1) is 0 Å². The summed E-state index contributed by atoms with van der Waals surface area (Å²) in [7, 11) is 2.81. The average molecular weight is 397 g/mol. The molecule has 9 heteroatoms. The number of rotatable bonds is 3. The van der Waals surface area contributed by atoms with E-state index in [2.05, 4.69) is 4.74 Å². The predicted octanol–water partition coefficient (Wildman–Crippen LogP) is 1.50. The normalized spacial score (nSPS) is 23.6. The highest BCUT2D eigenvalue weighted by Gasteiger charge is 2.56. The molecule has 1 aromatic rings. The zero-order valence-electron chi connectivity index (χ0n) is 17.0. The van der Waals surface area contributed by atoms with Crippen molar-refractivity contribution >= 4 is 29.6 Å². The maximum absolute atomic E-state index is 13.2. The number of imide groups is 1. The van der Waals surface area contributed by atoms with E-state index >= 15 is 0 Å². The molecular formula is C20H23N5O4. The molecule has 0 spiro atoms. The molecule has 1 fully saturated rings. The first-order valence-corrected chi connectivity index (χ1v) is 9.32. The summed E-state index contributed by atoms with van der Waals surface area (Å²) < 4.78 is 4.64. The van der Waals surface area contributed by atoms with Crippen molar-refractivity contribution < 1.29 is 19.1 Å². The highest BCUT2D eigenvalue weighted by molar-refractivity contribution is 6.11. The van der Waals surface area contributed by atoms with Gasteiger partial charge in [0.25, 0.3) is 5.91 Å². The van der Waals surface area contributed by atoms with Crippen LogP contribution in [0, 0.1) is 6.92 Å². The van der Waals surface area contributed by atoms with E-state index in [0.29, 0.717) is 5.96 Å². The van der Waals surface area contributed by atoms with Gasteiger partial charge in [-0.05, 0) is 32.9 Å². The average Bonchev–Trinajstić information content (AvgIpc) is 3.20. The number of fused-ring (bicyclic) bond motifs is 3. The number of methoxy groups -OCH3 is 1. The third kappa shape index (κ3) is 2.68. The van der Waals surface area contributed by atoms with Gasteiger partial charge in [-0.1, -0.05) is 17.7 Å². The van der Waals surface area contributed by atoms with Gasteiger partial charge in [-0.3, -0.25) is 24.3 Å². The minimum absolute atomic E-state index is 0.422. The van der Waals surface area contributed by atoms with Gasteiger partial charge in [-0.25, -0.2) is 9.79 Å². The lowest BCUT2D eigenvalue weighted by Crippen LogP contribution is -2.65. The Labute approximate surface area is 168 Å². The van der Waals surface area contributed by atoms with Crippen molar-refractivity contribution in [2.24, 2.45) is 4.99 Å². The number of likely N-dealkylation sites (N-methyl/N-ethyl adjacent to an activating group) is 1. The number of esters is 1. The Bertz CT molecular complexity index is 968. The van der Waals surface area contributed by atoms with Crippen LogP contribution >= 0.6 is 0 Å². The second-order valence-electron chi connectivity index (χ2n) is 7.39. The maximum atomic E-state index is 13.2. The van der Waals surface area contributed by atoms with E-state index in [-0.39, 0.29) is 0 Å². The Balaban J connectivity index is 1.74. The summed E-state index contributed by atoms with van der Waals surface area (Å²) in [6, 6.07) is 6.75. The lowest BCUT2D eigenvalue weighted by atomic mass is 10.1. The van der Waals surface area contributed by atoms with Gasteiger partial charge < -0.3 is 9.64 Å². The van der Waals surface area contributed by atoms with Crippen molar-refractivity contribution in [3.05, 3.63) is 41.2 Å². The van der Waals surface area contributed by atoms with Crippen molar-refractivity contribution in [2.75, 3.05) is 25.6 Å². The molecule has 0 N–H and O–H groups in total. The lowest BCUT2D eigenvalue weighted by molar-refractivity contribution is -0.148. The van der Waals surface area contributed by atoms with E-state index in [1.54, 1.807) is 7.05 Å². The van der Waals surface area contributed by atoms with Crippen molar-refractivity contribution in [3.8, 4) is 0 Å². The van der Waals surface area contributed by atoms with Crippen LogP contribution in [0.1, 0.15) is 19.4 Å². The number of allylic oxidation sites excluding steroid dienone is 2. The molecule has 4 rings (SSSR count).